The Bertz CT molecular complexity index is 441. The Morgan fingerprint density at radius 2 is 2.10 bits per heavy atom. The molecule has 0 saturated carbocycles. The van der Waals surface area contributed by atoms with E-state index >= 15 is 0 Å². The van der Waals surface area contributed by atoms with Gasteiger partial charge in [0.1, 0.15) is 0 Å². The summed E-state index contributed by atoms with van der Waals surface area (Å²) in [6.07, 6.45) is 3.44. The number of piperidine rings is 1. The number of nitrogens with zero attached hydrogens (tertiary/aromatic N) is 4. The van der Waals surface area contributed by atoms with Crippen LogP contribution in [0.15, 0.2) is 0 Å². The van der Waals surface area contributed by atoms with Crippen molar-refractivity contribution in [1.82, 2.24) is 19.9 Å². The molecule has 0 bridgehead atoms. The molecule has 1 aliphatic heterocycles. The normalized spacial score (nSPS) is 19.3. The van der Waals surface area contributed by atoms with Crippen LogP contribution in [0.4, 0.5) is 11.9 Å². The Kier molecular flexibility index (Phi) is 5.98. The summed E-state index contributed by atoms with van der Waals surface area (Å²) in [5, 5.41) is 6.26. The van der Waals surface area contributed by atoms with Crippen molar-refractivity contribution in [2.45, 2.75) is 26.2 Å². The Morgan fingerprint density at radius 1 is 1.29 bits per heavy atom. The zero-order valence-corrected chi connectivity index (χ0v) is 13.2. The molecule has 1 aromatic rings. The Balaban J connectivity index is 1.94. The lowest BCUT2D eigenvalue weighted by Gasteiger charge is -2.29. The maximum atomic E-state index is 5.50. The van der Waals surface area contributed by atoms with E-state index in [1.165, 1.54) is 19.4 Å². The molecule has 0 spiro atoms. The molecular formula is C14H26N6O. The number of likely N-dealkylation sites (tertiary alicyclic amines) is 1. The molecule has 118 valence electrons. The van der Waals surface area contributed by atoms with Crippen molar-refractivity contribution in [1.29, 1.82) is 0 Å². The van der Waals surface area contributed by atoms with Crippen LogP contribution in [0.2, 0.25) is 0 Å². The molecule has 1 saturated heterocycles. The van der Waals surface area contributed by atoms with Crippen LogP contribution in [0.25, 0.3) is 0 Å². The molecular weight excluding hydrogens is 268 g/mol. The minimum absolute atomic E-state index is 0.375. The van der Waals surface area contributed by atoms with Crippen LogP contribution in [-0.2, 0) is 0 Å². The quantitative estimate of drug-likeness (QED) is 0.788. The summed E-state index contributed by atoms with van der Waals surface area (Å²) < 4.78 is 5.50. The van der Waals surface area contributed by atoms with E-state index in [1.807, 2.05) is 0 Å². The van der Waals surface area contributed by atoms with Gasteiger partial charge in [-0.25, -0.2) is 0 Å². The van der Waals surface area contributed by atoms with E-state index in [2.05, 4.69) is 44.5 Å². The topological polar surface area (TPSA) is 75.2 Å². The highest BCUT2D eigenvalue weighted by Gasteiger charge is 2.17. The number of hydrogen-bond donors (Lipinski definition) is 2. The van der Waals surface area contributed by atoms with Gasteiger partial charge in [0.2, 0.25) is 11.9 Å². The number of ether oxygens (including phenoxy) is 1. The second-order valence-electron chi connectivity index (χ2n) is 5.52. The minimum Gasteiger partial charge on any atom is -0.463 e. The smallest absolute Gasteiger partial charge is 0.323 e. The van der Waals surface area contributed by atoms with E-state index in [4.69, 9.17) is 4.74 Å². The van der Waals surface area contributed by atoms with E-state index in [9.17, 15) is 0 Å². The summed E-state index contributed by atoms with van der Waals surface area (Å²) in [5.74, 6) is 1.74. The third-order valence-electron chi connectivity index (χ3n) is 3.54. The lowest BCUT2D eigenvalue weighted by atomic mass is 9.99. The first-order chi connectivity index (χ1) is 10.2. The average molecular weight is 294 g/mol. The van der Waals surface area contributed by atoms with Gasteiger partial charge in [-0.1, -0.05) is 6.92 Å². The summed E-state index contributed by atoms with van der Waals surface area (Å²) >= 11 is 0. The van der Waals surface area contributed by atoms with Crippen LogP contribution in [-0.4, -0.2) is 60.2 Å². The van der Waals surface area contributed by atoms with Crippen LogP contribution >= 0.6 is 0 Å². The molecule has 1 fully saturated rings. The molecule has 0 amide bonds. The predicted molar refractivity (Wildman–Crippen MR) is 83.9 cm³/mol. The van der Waals surface area contributed by atoms with Gasteiger partial charge in [0, 0.05) is 20.1 Å². The van der Waals surface area contributed by atoms with Crippen molar-refractivity contribution in [2.75, 3.05) is 51.0 Å². The molecule has 1 atom stereocenters. The maximum absolute atomic E-state index is 5.50. The predicted octanol–water partition coefficient (Wildman–Crippen LogP) is 1.46. The number of anilines is 2. The Labute approximate surface area is 126 Å². The van der Waals surface area contributed by atoms with Crippen molar-refractivity contribution in [3.05, 3.63) is 0 Å². The Hall–Kier alpha value is -1.63. The average Bonchev–Trinajstić information content (AvgIpc) is 2.51. The van der Waals surface area contributed by atoms with Gasteiger partial charge < -0.3 is 20.3 Å². The van der Waals surface area contributed by atoms with Gasteiger partial charge in [0.15, 0.2) is 0 Å². The standard InChI is InChI=1S/C14H26N6O/c1-4-8-21-14-18-12(15-2)17-13(19-14)16-9-11-6-5-7-20(3)10-11/h11H,4-10H2,1-3H3,(H2,15,16,17,18,19). The highest BCUT2D eigenvalue weighted by atomic mass is 16.5. The van der Waals surface area contributed by atoms with E-state index in [-0.39, 0.29) is 0 Å². The third-order valence-corrected chi connectivity index (χ3v) is 3.54. The fourth-order valence-corrected chi connectivity index (χ4v) is 2.48. The van der Waals surface area contributed by atoms with Gasteiger partial charge in [-0.15, -0.1) is 0 Å². The van der Waals surface area contributed by atoms with E-state index in [0.717, 1.165) is 19.5 Å². The van der Waals surface area contributed by atoms with Crippen LogP contribution in [0.5, 0.6) is 6.01 Å². The van der Waals surface area contributed by atoms with Crippen molar-refractivity contribution in [3.63, 3.8) is 0 Å². The van der Waals surface area contributed by atoms with Crippen LogP contribution in [0.3, 0.4) is 0 Å². The van der Waals surface area contributed by atoms with E-state index in [1.54, 1.807) is 7.05 Å². The van der Waals surface area contributed by atoms with E-state index < -0.39 is 0 Å². The van der Waals surface area contributed by atoms with Gasteiger partial charge in [-0.2, -0.15) is 15.0 Å². The summed E-state index contributed by atoms with van der Waals surface area (Å²) in [4.78, 5) is 15.2. The highest BCUT2D eigenvalue weighted by Crippen LogP contribution is 2.16. The molecule has 1 aliphatic rings. The fourth-order valence-electron chi connectivity index (χ4n) is 2.48. The molecule has 2 rings (SSSR count). The second kappa shape index (κ2) is 7.97. The lowest BCUT2D eigenvalue weighted by molar-refractivity contribution is 0.217. The molecule has 0 aromatic carbocycles. The number of hydrogen-bond acceptors (Lipinski definition) is 7. The zero-order valence-electron chi connectivity index (χ0n) is 13.2. The molecule has 0 aliphatic carbocycles. The number of nitrogens with one attached hydrogen (secondary N) is 2. The lowest BCUT2D eigenvalue weighted by Crippen LogP contribution is -2.35. The molecule has 2 N–H and O–H groups in total. The van der Waals surface area contributed by atoms with Crippen molar-refractivity contribution >= 4 is 11.9 Å². The van der Waals surface area contributed by atoms with Gasteiger partial charge in [-0.3, -0.25) is 0 Å². The summed E-state index contributed by atoms with van der Waals surface area (Å²) in [6, 6.07) is 0.375. The summed E-state index contributed by atoms with van der Waals surface area (Å²) in [6.45, 7) is 5.86. The second-order valence-corrected chi connectivity index (χ2v) is 5.52. The monoisotopic (exact) mass is 294 g/mol. The zero-order chi connectivity index (χ0) is 15.1. The molecule has 7 nitrogen and oxygen atoms in total. The minimum atomic E-state index is 0.375. The first-order valence-corrected chi connectivity index (χ1v) is 7.70. The van der Waals surface area contributed by atoms with Gasteiger partial charge in [0.05, 0.1) is 6.61 Å². The molecule has 1 aromatic heterocycles. The van der Waals surface area contributed by atoms with Crippen LogP contribution in [0.1, 0.15) is 26.2 Å². The molecule has 21 heavy (non-hydrogen) atoms. The summed E-state index contributed by atoms with van der Waals surface area (Å²) in [5.41, 5.74) is 0. The first kappa shape index (κ1) is 15.8. The number of aromatic nitrogens is 3. The van der Waals surface area contributed by atoms with Crippen molar-refractivity contribution < 1.29 is 4.74 Å². The van der Waals surface area contributed by atoms with Gasteiger partial charge in [-0.05, 0) is 38.8 Å². The molecule has 2 heterocycles. The Morgan fingerprint density at radius 3 is 2.81 bits per heavy atom. The van der Waals surface area contributed by atoms with Gasteiger partial charge in [0.25, 0.3) is 0 Å². The third kappa shape index (κ3) is 5.00. The first-order valence-electron chi connectivity index (χ1n) is 7.70. The number of rotatable bonds is 7. The highest BCUT2D eigenvalue weighted by molar-refractivity contribution is 5.35. The SMILES string of the molecule is CCCOc1nc(NC)nc(NCC2CCCN(C)C2)n1. The van der Waals surface area contributed by atoms with Gasteiger partial charge >= 0.3 is 6.01 Å². The van der Waals surface area contributed by atoms with Crippen LogP contribution in [0, 0.1) is 5.92 Å². The van der Waals surface area contributed by atoms with Crippen molar-refractivity contribution in [3.8, 4) is 6.01 Å². The molecule has 0 radical (unpaired) electrons. The molecule has 1 unspecified atom stereocenters. The van der Waals surface area contributed by atoms with E-state index in [0.29, 0.717) is 30.4 Å². The molecule has 7 heteroatoms. The maximum Gasteiger partial charge on any atom is 0.323 e. The van der Waals surface area contributed by atoms with Crippen LogP contribution < -0.4 is 15.4 Å². The summed E-state index contributed by atoms with van der Waals surface area (Å²) in [7, 11) is 3.96. The fraction of sp³-hybridized carbons (Fsp3) is 0.786. The van der Waals surface area contributed by atoms with Crippen molar-refractivity contribution in [2.24, 2.45) is 5.92 Å². The largest absolute Gasteiger partial charge is 0.463 e.